The Morgan fingerprint density at radius 3 is 2.88 bits per heavy atom. The van der Waals surface area contributed by atoms with E-state index in [0.717, 1.165) is 19.3 Å². The van der Waals surface area contributed by atoms with Crippen LogP contribution in [-0.2, 0) is 14.8 Å². The first-order valence-corrected chi connectivity index (χ1v) is 9.74. The smallest absolute Gasteiger partial charge is 0.322 e. The predicted molar refractivity (Wildman–Crippen MR) is 86.2 cm³/mol. The molecule has 1 aromatic rings. The number of hydrogen-bond donors (Lipinski definition) is 1. The van der Waals surface area contributed by atoms with Gasteiger partial charge in [-0.2, -0.15) is 4.31 Å². The van der Waals surface area contributed by atoms with E-state index in [1.165, 1.54) is 22.8 Å². The Morgan fingerprint density at radius 1 is 1.42 bits per heavy atom. The van der Waals surface area contributed by atoms with Crippen LogP contribution >= 0.6 is 0 Å². The Kier molecular flexibility index (Phi) is 4.78. The number of ether oxygens (including phenoxy) is 1. The summed E-state index contributed by atoms with van der Waals surface area (Å²) >= 11 is 0. The lowest BCUT2D eigenvalue weighted by Crippen LogP contribution is -2.46. The molecule has 2 fully saturated rings. The van der Waals surface area contributed by atoms with Crippen molar-refractivity contribution in [3.8, 4) is 5.75 Å². The van der Waals surface area contributed by atoms with Gasteiger partial charge in [0.1, 0.15) is 16.7 Å². The number of carboxylic acid groups (broad SMARTS) is 1. The first-order valence-electron chi connectivity index (χ1n) is 8.30. The van der Waals surface area contributed by atoms with Crippen LogP contribution in [0.25, 0.3) is 0 Å². The number of carboxylic acids is 1. The van der Waals surface area contributed by atoms with E-state index in [4.69, 9.17) is 4.74 Å². The fourth-order valence-corrected chi connectivity index (χ4v) is 5.87. The highest BCUT2D eigenvalue weighted by atomic mass is 32.2. The van der Waals surface area contributed by atoms with E-state index in [0.29, 0.717) is 19.4 Å². The topological polar surface area (TPSA) is 96.8 Å². The SMILES string of the molecule is CCOc1ccncc1S(=O)(=O)N1C(C(=O)O)CC2CCCCC21. The third-order valence-electron chi connectivity index (χ3n) is 4.92. The van der Waals surface area contributed by atoms with Crippen molar-refractivity contribution in [2.75, 3.05) is 6.61 Å². The molecule has 1 aliphatic carbocycles. The van der Waals surface area contributed by atoms with Crippen LogP contribution in [-0.4, -0.2) is 47.5 Å². The summed E-state index contributed by atoms with van der Waals surface area (Å²) in [7, 11) is -3.99. The maximum Gasteiger partial charge on any atom is 0.322 e. The van der Waals surface area contributed by atoms with Crippen LogP contribution in [0.1, 0.15) is 39.0 Å². The molecule has 2 heterocycles. The first-order chi connectivity index (χ1) is 11.5. The standard InChI is InChI=1S/C16H22N2O5S/c1-2-23-14-7-8-17-10-15(14)24(21,22)18-12-6-4-3-5-11(12)9-13(18)16(19)20/h7-8,10-13H,2-6,9H2,1H3,(H,19,20). The summed E-state index contributed by atoms with van der Waals surface area (Å²) in [6.45, 7) is 2.09. The quantitative estimate of drug-likeness (QED) is 0.867. The minimum Gasteiger partial charge on any atom is -0.492 e. The molecule has 0 radical (unpaired) electrons. The van der Waals surface area contributed by atoms with E-state index < -0.39 is 22.0 Å². The first kappa shape index (κ1) is 17.2. The molecule has 1 saturated carbocycles. The Bertz CT molecular complexity index is 721. The Labute approximate surface area is 141 Å². The molecule has 0 aromatic carbocycles. The summed E-state index contributed by atoms with van der Waals surface area (Å²) in [6, 6.07) is 0.234. The molecule has 3 rings (SSSR count). The van der Waals surface area contributed by atoms with Gasteiger partial charge < -0.3 is 9.84 Å². The summed E-state index contributed by atoms with van der Waals surface area (Å²) in [5.74, 6) is -0.757. The number of aliphatic carboxylic acids is 1. The molecule has 1 aliphatic heterocycles. The molecule has 8 heteroatoms. The van der Waals surface area contributed by atoms with Crippen molar-refractivity contribution >= 4 is 16.0 Å². The zero-order valence-electron chi connectivity index (χ0n) is 13.6. The summed E-state index contributed by atoms with van der Waals surface area (Å²) in [5.41, 5.74) is 0. The van der Waals surface area contributed by atoms with E-state index in [1.807, 2.05) is 0 Å². The normalized spacial score (nSPS) is 27.6. The minimum atomic E-state index is -3.99. The average molecular weight is 354 g/mol. The van der Waals surface area contributed by atoms with Crippen LogP contribution in [0.5, 0.6) is 5.75 Å². The van der Waals surface area contributed by atoms with Crippen molar-refractivity contribution in [3.05, 3.63) is 18.5 Å². The molecule has 3 atom stereocenters. The summed E-state index contributed by atoms with van der Waals surface area (Å²) < 4.78 is 33.1. The van der Waals surface area contributed by atoms with Gasteiger partial charge in [0.2, 0.25) is 10.0 Å². The van der Waals surface area contributed by atoms with Gasteiger partial charge in [-0.05, 0) is 38.2 Å². The number of rotatable bonds is 5. The molecule has 0 amide bonds. The monoisotopic (exact) mass is 354 g/mol. The number of aromatic nitrogens is 1. The molecule has 0 bridgehead atoms. The van der Waals surface area contributed by atoms with Crippen molar-refractivity contribution in [1.29, 1.82) is 0 Å². The van der Waals surface area contributed by atoms with Crippen molar-refractivity contribution in [2.24, 2.45) is 5.92 Å². The lowest BCUT2D eigenvalue weighted by Gasteiger charge is -2.32. The summed E-state index contributed by atoms with van der Waals surface area (Å²) in [5, 5.41) is 9.56. The van der Waals surface area contributed by atoms with Crippen LogP contribution in [0.4, 0.5) is 0 Å². The largest absolute Gasteiger partial charge is 0.492 e. The molecule has 1 N–H and O–H groups in total. The van der Waals surface area contributed by atoms with Crippen LogP contribution in [0.15, 0.2) is 23.4 Å². The Morgan fingerprint density at radius 2 is 2.17 bits per heavy atom. The zero-order chi connectivity index (χ0) is 17.3. The highest BCUT2D eigenvalue weighted by Crippen LogP contribution is 2.43. The highest BCUT2D eigenvalue weighted by molar-refractivity contribution is 7.89. The second-order valence-corrected chi connectivity index (χ2v) is 8.10. The van der Waals surface area contributed by atoms with Gasteiger partial charge in [0.25, 0.3) is 0 Å². The third-order valence-corrected chi connectivity index (χ3v) is 6.86. The van der Waals surface area contributed by atoms with Gasteiger partial charge in [-0.3, -0.25) is 9.78 Å². The lowest BCUT2D eigenvalue weighted by atomic mass is 9.85. The van der Waals surface area contributed by atoms with Gasteiger partial charge in [-0.1, -0.05) is 12.8 Å². The average Bonchev–Trinajstić information content (AvgIpc) is 2.96. The lowest BCUT2D eigenvalue weighted by molar-refractivity contribution is -0.141. The molecule has 3 unspecified atom stereocenters. The van der Waals surface area contributed by atoms with Gasteiger partial charge >= 0.3 is 5.97 Å². The third kappa shape index (κ3) is 2.88. The summed E-state index contributed by atoms with van der Waals surface area (Å²) in [6.07, 6.45) is 6.62. The molecule has 1 saturated heterocycles. The van der Waals surface area contributed by atoms with E-state index >= 15 is 0 Å². The van der Waals surface area contributed by atoms with E-state index in [-0.39, 0.29) is 22.6 Å². The molecule has 24 heavy (non-hydrogen) atoms. The number of hydrogen-bond acceptors (Lipinski definition) is 5. The van der Waals surface area contributed by atoms with E-state index in [2.05, 4.69) is 4.98 Å². The Balaban J connectivity index is 2.05. The maximum absolute atomic E-state index is 13.2. The van der Waals surface area contributed by atoms with Crippen LogP contribution < -0.4 is 4.74 Å². The molecule has 1 aromatic heterocycles. The van der Waals surface area contributed by atoms with Gasteiger partial charge in [0.15, 0.2) is 0 Å². The van der Waals surface area contributed by atoms with Crippen LogP contribution in [0.3, 0.4) is 0 Å². The molecule has 2 aliphatic rings. The highest BCUT2D eigenvalue weighted by Gasteiger charge is 2.51. The molecule has 7 nitrogen and oxygen atoms in total. The Hall–Kier alpha value is -1.67. The molecular weight excluding hydrogens is 332 g/mol. The summed E-state index contributed by atoms with van der Waals surface area (Å²) in [4.78, 5) is 15.5. The van der Waals surface area contributed by atoms with Crippen molar-refractivity contribution < 1.29 is 23.1 Å². The molecular formula is C16H22N2O5S. The number of carbonyl (C=O) groups is 1. The predicted octanol–water partition coefficient (Wildman–Crippen LogP) is 1.89. The van der Waals surface area contributed by atoms with Crippen molar-refractivity contribution in [1.82, 2.24) is 9.29 Å². The second-order valence-electron chi connectivity index (χ2n) is 6.29. The van der Waals surface area contributed by atoms with E-state index in [9.17, 15) is 18.3 Å². The number of pyridine rings is 1. The van der Waals surface area contributed by atoms with Gasteiger partial charge in [-0.25, -0.2) is 8.42 Å². The number of nitrogens with zero attached hydrogens (tertiary/aromatic N) is 2. The second kappa shape index (κ2) is 6.68. The number of sulfonamides is 1. The fraction of sp³-hybridized carbons (Fsp3) is 0.625. The zero-order valence-corrected chi connectivity index (χ0v) is 14.4. The van der Waals surface area contributed by atoms with Gasteiger partial charge in [0, 0.05) is 12.2 Å². The number of fused-ring (bicyclic) bond motifs is 1. The molecule has 0 spiro atoms. The van der Waals surface area contributed by atoms with Crippen LogP contribution in [0.2, 0.25) is 0 Å². The van der Waals surface area contributed by atoms with Gasteiger partial charge in [-0.15, -0.1) is 0 Å². The fourth-order valence-electron chi connectivity index (χ4n) is 3.92. The van der Waals surface area contributed by atoms with Crippen LogP contribution in [0, 0.1) is 5.92 Å². The maximum atomic E-state index is 13.2. The van der Waals surface area contributed by atoms with Crippen molar-refractivity contribution in [2.45, 2.75) is 56.0 Å². The van der Waals surface area contributed by atoms with E-state index in [1.54, 1.807) is 6.92 Å². The van der Waals surface area contributed by atoms with Crippen molar-refractivity contribution in [3.63, 3.8) is 0 Å². The molecule has 132 valence electrons. The van der Waals surface area contributed by atoms with Gasteiger partial charge in [0.05, 0.1) is 12.8 Å². The minimum absolute atomic E-state index is 0.0516.